The van der Waals surface area contributed by atoms with Crippen molar-refractivity contribution < 1.29 is 19.4 Å². The van der Waals surface area contributed by atoms with E-state index in [9.17, 15) is 14.7 Å². The molecule has 0 fully saturated rings. The van der Waals surface area contributed by atoms with Gasteiger partial charge in [0, 0.05) is 21.8 Å². The number of carbonyl (C=O) groups is 2. The van der Waals surface area contributed by atoms with Crippen molar-refractivity contribution in [1.29, 1.82) is 0 Å². The van der Waals surface area contributed by atoms with Crippen molar-refractivity contribution >= 4 is 55.3 Å². The summed E-state index contributed by atoms with van der Waals surface area (Å²) in [5, 5.41) is 9.94. The third kappa shape index (κ3) is 4.36. The van der Waals surface area contributed by atoms with Crippen molar-refractivity contribution in [1.82, 2.24) is 4.90 Å². The number of fused-ring (bicyclic) bond motifs is 3. The largest absolute Gasteiger partial charge is 0.479 e. The third-order valence-electron chi connectivity index (χ3n) is 5.51. The fourth-order valence-corrected chi connectivity index (χ4v) is 6.35. The summed E-state index contributed by atoms with van der Waals surface area (Å²) in [5.74, 6) is -1.17. The number of thiophene rings is 1. The Morgan fingerprint density at radius 1 is 1.09 bits per heavy atom. The molecule has 0 saturated carbocycles. The van der Waals surface area contributed by atoms with Gasteiger partial charge in [-0.25, -0.2) is 9.59 Å². The topological polar surface area (TPSA) is 66.8 Å². The van der Waals surface area contributed by atoms with E-state index >= 15 is 0 Å². The maximum Gasteiger partial charge on any atom is 0.410 e. The summed E-state index contributed by atoms with van der Waals surface area (Å²) in [6, 6.07) is 16.8. The summed E-state index contributed by atoms with van der Waals surface area (Å²) in [6.07, 6.45) is -0.0106. The van der Waals surface area contributed by atoms with Gasteiger partial charge in [-0.3, -0.25) is 4.90 Å². The molecule has 1 amide bonds. The predicted molar refractivity (Wildman–Crippen MR) is 132 cm³/mol. The van der Waals surface area contributed by atoms with Crippen LogP contribution in [0, 0.1) is 0 Å². The Morgan fingerprint density at radius 2 is 1.69 bits per heavy atom. The average Bonchev–Trinajstić information content (AvgIpc) is 3.28. The molecule has 0 bridgehead atoms. The molecule has 1 N–H and O–H groups in total. The Kier molecular flexibility index (Phi) is 7.02. The van der Waals surface area contributed by atoms with Crippen LogP contribution in [-0.2, 0) is 9.53 Å². The van der Waals surface area contributed by atoms with Gasteiger partial charge in [-0.15, -0.1) is 11.3 Å². The minimum atomic E-state index is -1.11. The molecule has 166 valence electrons. The molecule has 0 radical (unpaired) electrons. The molecule has 0 aliphatic heterocycles. The van der Waals surface area contributed by atoms with Gasteiger partial charge in [0.15, 0.2) is 6.04 Å². The summed E-state index contributed by atoms with van der Waals surface area (Å²) in [5.41, 5.74) is 4.52. The van der Waals surface area contributed by atoms with Gasteiger partial charge in [0.05, 0.1) is 3.79 Å². The summed E-state index contributed by atoms with van der Waals surface area (Å²) in [6.45, 7) is 2.33. The van der Waals surface area contributed by atoms with Crippen LogP contribution in [0.15, 0.2) is 62.9 Å². The van der Waals surface area contributed by atoms with Gasteiger partial charge >= 0.3 is 12.1 Å². The first-order valence-corrected chi connectivity index (χ1v) is 12.6. The number of hydrogen-bond donors (Lipinski definition) is 1. The van der Waals surface area contributed by atoms with E-state index in [0.717, 1.165) is 30.5 Å². The zero-order valence-electron chi connectivity index (χ0n) is 17.3. The number of aliphatic carboxylic acids is 1. The van der Waals surface area contributed by atoms with Crippen molar-refractivity contribution in [3.8, 4) is 11.1 Å². The van der Waals surface area contributed by atoms with E-state index in [4.69, 9.17) is 4.74 Å². The number of carbonyl (C=O) groups excluding carboxylic acids is 1. The van der Waals surface area contributed by atoms with Crippen LogP contribution in [0.25, 0.3) is 11.1 Å². The van der Waals surface area contributed by atoms with Gasteiger partial charge in [-0.2, -0.15) is 0 Å². The van der Waals surface area contributed by atoms with Crippen molar-refractivity contribution in [2.45, 2.75) is 25.3 Å². The number of amides is 1. The lowest BCUT2D eigenvalue weighted by Gasteiger charge is -2.28. The van der Waals surface area contributed by atoms with Crippen LogP contribution >= 0.6 is 43.2 Å². The first kappa shape index (κ1) is 23.0. The van der Waals surface area contributed by atoms with E-state index in [1.807, 2.05) is 31.2 Å². The number of carboxylic acid groups (broad SMARTS) is 1. The second-order valence-electron chi connectivity index (χ2n) is 7.51. The monoisotopic (exact) mass is 577 g/mol. The summed E-state index contributed by atoms with van der Waals surface area (Å²) in [4.78, 5) is 27.2. The third-order valence-corrected chi connectivity index (χ3v) is 8.82. The second kappa shape index (κ2) is 9.77. The lowest BCUT2D eigenvalue weighted by atomic mass is 9.98. The number of carboxylic acids is 1. The Labute approximate surface area is 207 Å². The standard InChI is InChI=1S/C24H21Br2NO4S/c1-2-11-27(21(23(28)29)20-12-19(25)22(26)32-20)24(30)31-13-18-16-9-5-3-7-14(16)15-8-4-6-10-17(15)18/h3-10,12,18,21H,2,11,13H2,1H3,(H,28,29). The zero-order valence-corrected chi connectivity index (χ0v) is 21.2. The number of rotatable bonds is 7. The smallest absolute Gasteiger partial charge is 0.410 e. The summed E-state index contributed by atoms with van der Waals surface area (Å²) in [7, 11) is 0. The van der Waals surface area contributed by atoms with Crippen molar-refractivity contribution in [2.75, 3.05) is 13.2 Å². The SMILES string of the molecule is CCCN(C(=O)OCC1c2ccccc2-c2ccccc21)C(C(=O)O)c1cc(Br)c(Br)s1. The minimum Gasteiger partial charge on any atom is -0.479 e. The molecule has 1 unspecified atom stereocenters. The minimum absolute atomic E-state index is 0.0804. The molecule has 1 atom stereocenters. The van der Waals surface area contributed by atoms with Crippen LogP contribution in [0.2, 0.25) is 0 Å². The second-order valence-corrected chi connectivity index (χ2v) is 10.8. The molecule has 0 saturated heterocycles. The van der Waals surface area contributed by atoms with E-state index < -0.39 is 18.1 Å². The highest BCUT2D eigenvalue weighted by molar-refractivity contribution is 9.13. The van der Waals surface area contributed by atoms with Crippen LogP contribution in [0.1, 0.15) is 41.3 Å². The number of halogens is 2. The number of benzene rings is 2. The maximum atomic E-state index is 13.1. The van der Waals surface area contributed by atoms with Crippen LogP contribution < -0.4 is 0 Å². The molecule has 8 heteroatoms. The van der Waals surface area contributed by atoms with Crippen molar-refractivity contribution in [3.63, 3.8) is 0 Å². The predicted octanol–water partition coefficient (Wildman–Crippen LogP) is 7.06. The van der Waals surface area contributed by atoms with Crippen molar-refractivity contribution in [2.24, 2.45) is 0 Å². The van der Waals surface area contributed by atoms with E-state index in [0.29, 0.717) is 11.3 Å². The Hall–Kier alpha value is -2.16. The highest BCUT2D eigenvalue weighted by Gasteiger charge is 2.35. The number of hydrogen-bond acceptors (Lipinski definition) is 4. The molecule has 1 heterocycles. The summed E-state index contributed by atoms with van der Waals surface area (Å²) < 4.78 is 7.29. The first-order chi connectivity index (χ1) is 15.4. The van der Waals surface area contributed by atoms with Crippen LogP contribution in [-0.4, -0.2) is 35.2 Å². The van der Waals surface area contributed by atoms with Gasteiger partial charge in [-0.05, 0) is 66.6 Å². The highest BCUT2D eigenvalue weighted by Crippen LogP contribution is 2.44. The molecule has 2 aromatic carbocycles. The highest BCUT2D eigenvalue weighted by atomic mass is 79.9. The first-order valence-electron chi connectivity index (χ1n) is 10.2. The molecule has 3 aromatic rings. The van der Waals surface area contributed by atoms with E-state index in [1.165, 1.54) is 16.2 Å². The molecule has 1 aliphatic rings. The van der Waals surface area contributed by atoms with Crippen LogP contribution in [0.4, 0.5) is 4.79 Å². The Balaban J connectivity index is 1.58. The zero-order chi connectivity index (χ0) is 22.8. The normalized spacial score (nSPS) is 13.3. The maximum absolute atomic E-state index is 13.1. The van der Waals surface area contributed by atoms with E-state index in [2.05, 4.69) is 56.1 Å². The van der Waals surface area contributed by atoms with Crippen LogP contribution in [0.5, 0.6) is 0 Å². The van der Waals surface area contributed by atoms with E-state index in [-0.39, 0.29) is 19.1 Å². The molecule has 1 aliphatic carbocycles. The molecule has 1 aromatic heterocycles. The van der Waals surface area contributed by atoms with Crippen molar-refractivity contribution in [3.05, 3.63) is 78.9 Å². The fourth-order valence-electron chi connectivity index (χ4n) is 4.15. The van der Waals surface area contributed by atoms with Gasteiger partial charge in [0.2, 0.25) is 0 Å². The fraction of sp³-hybridized carbons (Fsp3) is 0.250. The molecule has 4 rings (SSSR count). The van der Waals surface area contributed by atoms with Gasteiger partial charge in [0.25, 0.3) is 0 Å². The van der Waals surface area contributed by atoms with Gasteiger partial charge in [0.1, 0.15) is 6.61 Å². The molecule has 32 heavy (non-hydrogen) atoms. The number of nitrogens with zero attached hydrogens (tertiary/aromatic N) is 1. The Bertz CT molecular complexity index is 1100. The molecule has 5 nitrogen and oxygen atoms in total. The lowest BCUT2D eigenvalue weighted by molar-refractivity contribution is -0.143. The average molecular weight is 579 g/mol. The lowest BCUT2D eigenvalue weighted by Crippen LogP contribution is -2.40. The quantitative estimate of drug-likeness (QED) is 0.326. The summed E-state index contributed by atoms with van der Waals surface area (Å²) >= 11 is 8.10. The Morgan fingerprint density at radius 3 is 2.19 bits per heavy atom. The molecule has 0 spiro atoms. The van der Waals surface area contributed by atoms with Gasteiger partial charge < -0.3 is 9.84 Å². The van der Waals surface area contributed by atoms with E-state index in [1.54, 1.807) is 6.07 Å². The van der Waals surface area contributed by atoms with Gasteiger partial charge in [-0.1, -0.05) is 55.5 Å². The number of ether oxygens (including phenoxy) is 1. The molecular weight excluding hydrogens is 558 g/mol. The molecular formula is C24H21Br2NO4S. The van der Waals surface area contributed by atoms with Crippen LogP contribution in [0.3, 0.4) is 0 Å².